The zero-order chi connectivity index (χ0) is 39.3. The van der Waals surface area contributed by atoms with Crippen molar-refractivity contribution in [2.75, 3.05) is 41.0 Å². The van der Waals surface area contributed by atoms with Crippen molar-refractivity contribution in [3.63, 3.8) is 0 Å². The maximum absolute atomic E-state index is 12.7. The van der Waals surface area contributed by atoms with E-state index in [-0.39, 0.29) is 49.1 Å². The standard InChI is InChI=1S/C45H77NO7/c1-6-8-10-12-14-16-18-20-22-24-25-27-29-31-33-35-43(47)52-40-41(39-51-38-37-42(45(49)50)46(3,4)5)53-44(48)36-34-32-30-28-26-23-21-19-17-15-13-11-9-7-2/h9,11,14-18,20-21,23,41-42H,6-8,10,12-13,19,22,24-40H2,1-5H3/b11-9+,16-14+,17-15+,20-18+,23-21+. The molecule has 0 aliphatic heterocycles. The molecular weight excluding hydrogens is 666 g/mol. The van der Waals surface area contributed by atoms with E-state index in [4.69, 9.17) is 14.2 Å². The summed E-state index contributed by atoms with van der Waals surface area (Å²) >= 11 is 0. The summed E-state index contributed by atoms with van der Waals surface area (Å²) in [5.74, 6) is -1.79. The zero-order valence-electron chi connectivity index (χ0n) is 34.4. The molecular formula is C45H77NO7. The third-order valence-electron chi connectivity index (χ3n) is 8.92. The maximum atomic E-state index is 12.7. The predicted octanol–water partition coefficient (Wildman–Crippen LogP) is 9.69. The monoisotopic (exact) mass is 744 g/mol. The van der Waals surface area contributed by atoms with E-state index in [1.54, 1.807) is 21.1 Å². The Morgan fingerprint density at radius 2 is 1.11 bits per heavy atom. The van der Waals surface area contributed by atoms with Crippen molar-refractivity contribution < 1.29 is 38.2 Å². The first-order valence-electron chi connectivity index (χ1n) is 20.8. The topological polar surface area (TPSA) is 102 Å². The average molecular weight is 744 g/mol. The highest BCUT2D eigenvalue weighted by Crippen LogP contribution is 2.12. The number of esters is 2. The molecule has 0 radical (unpaired) electrons. The van der Waals surface area contributed by atoms with Gasteiger partial charge in [0, 0.05) is 19.3 Å². The number of carboxylic acid groups (broad SMARTS) is 1. The van der Waals surface area contributed by atoms with Gasteiger partial charge in [0.05, 0.1) is 40.3 Å². The number of carbonyl (C=O) groups is 3. The summed E-state index contributed by atoms with van der Waals surface area (Å²) in [6.07, 6.45) is 42.4. The fraction of sp³-hybridized carbons (Fsp3) is 0.711. The summed E-state index contributed by atoms with van der Waals surface area (Å²) in [5.41, 5.74) is 0. The summed E-state index contributed by atoms with van der Waals surface area (Å²) in [6.45, 7) is 4.46. The molecule has 0 amide bonds. The van der Waals surface area contributed by atoms with Crippen LogP contribution in [-0.2, 0) is 28.6 Å². The molecule has 8 heteroatoms. The molecule has 0 rings (SSSR count). The summed E-state index contributed by atoms with van der Waals surface area (Å²) in [7, 11) is 5.38. The smallest absolute Gasteiger partial charge is 0.306 e. The lowest BCUT2D eigenvalue weighted by Crippen LogP contribution is -2.55. The molecule has 0 heterocycles. The highest BCUT2D eigenvalue weighted by Gasteiger charge is 2.25. The molecule has 0 spiro atoms. The summed E-state index contributed by atoms with van der Waals surface area (Å²) in [6, 6.07) is -0.733. The van der Waals surface area contributed by atoms with E-state index in [2.05, 4.69) is 74.6 Å². The predicted molar refractivity (Wildman–Crippen MR) is 217 cm³/mol. The number of carbonyl (C=O) groups excluding carboxylic acids is 3. The minimum Gasteiger partial charge on any atom is -0.544 e. The number of likely N-dealkylation sites (N-methyl/N-ethyl adjacent to an activating group) is 1. The molecule has 0 bridgehead atoms. The maximum Gasteiger partial charge on any atom is 0.306 e. The molecule has 2 unspecified atom stereocenters. The highest BCUT2D eigenvalue weighted by molar-refractivity contribution is 5.70. The number of hydrogen-bond donors (Lipinski definition) is 0. The molecule has 0 aliphatic carbocycles. The molecule has 0 saturated carbocycles. The lowest BCUT2D eigenvalue weighted by Gasteiger charge is -2.34. The molecule has 0 aromatic rings. The first kappa shape index (κ1) is 50.0. The number of rotatable bonds is 36. The van der Waals surface area contributed by atoms with Gasteiger partial charge in [0.15, 0.2) is 6.10 Å². The SMILES string of the molecule is CC/C=C/C/C=C/C/C=C/CCCCCCC(=O)OC(COCCC(C(=O)[O-])[N+](C)(C)C)COC(=O)CCCCCCCC/C=C/C=C/CCCCC. The fourth-order valence-corrected chi connectivity index (χ4v) is 5.66. The van der Waals surface area contributed by atoms with E-state index in [1.807, 2.05) is 0 Å². The molecule has 8 nitrogen and oxygen atoms in total. The number of allylic oxidation sites excluding steroid dienone is 10. The van der Waals surface area contributed by atoms with Gasteiger partial charge in [-0.2, -0.15) is 0 Å². The van der Waals surface area contributed by atoms with Gasteiger partial charge in [0.1, 0.15) is 12.6 Å². The average Bonchev–Trinajstić information content (AvgIpc) is 3.11. The van der Waals surface area contributed by atoms with Gasteiger partial charge in [-0.3, -0.25) is 9.59 Å². The van der Waals surface area contributed by atoms with Crippen LogP contribution in [0.2, 0.25) is 0 Å². The van der Waals surface area contributed by atoms with Gasteiger partial charge >= 0.3 is 11.9 Å². The second-order valence-corrected chi connectivity index (χ2v) is 14.9. The van der Waals surface area contributed by atoms with Crippen molar-refractivity contribution in [3.8, 4) is 0 Å². The van der Waals surface area contributed by atoms with Crippen LogP contribution >= 0.6 is 0 Å². The second-order valence-electron chi connectivity index (χ2n) is 14.9. The number of ether oxygens (including phenoxy) is 3. The summed E-state index contributed by atoms with van der Waals surface area (Å²) < 4.78 is 17.1. The Morgan fingerprint density at radius 3 is 1.68 bits per heavy atom. The van der Waals surface area contributed by atoms with Gasteiger partial charge in [-0.25, -0.2) is 0 Å². The van der Waals surface area contributed by atoms with Gasteiger partial charge in [-0.1, -0.05) is 126 Å². The minimum absolute atomic E-state index is 0.0251. The van der Waals surface area contributed by atoms with E-state index in [1.165, 1.54) is 32.1 Å². The lowest BCUT2D eigenvalue weighted by molar-refractivity contribution is -0.889. The number of quaternary nitrogens is 1. The third-order valence-corrected chi connectivity index (χ3v) is 8.92. The van der Waals surface area contributed by atoms with E-state index in [9.17, 15) is 19.5 Å². The van der Waals surface area contributed by atoms with Crippen LogP contribution in [-0.4, -0.2) is 75.5 Å². The van der Waals surface area contributed by atoms with Crippen molar-refractivity contribution >= 4 is 17.9 Å². The Hall–Kier alpha value is -2.97. The van der Waals surface area contributed by atoms with E-state index < -0.39 is 18.1 Å². The quantitative estimate of drug-likeness (QED) is 0.0207. The Kier molecular flexibility index (Phi) is 34.0. The second kappa shape index (κ2) is 36.0. The normalized spacial score (nSPS) is 13.6. The fourth-order valence-electron chi connectivity index (χ4n) is 5.66. The molecule has 53 heavy (non-hydrogen) atoms. The van der Waals surface area contributed by atoms with Crippen LogP contribution < -0.4 is 5.11 Å². The zero-order valence-corrected chi connectivity index (χ0v) is 34.4. The van der Waals surface area contributed by atoms with E-state index >= 15 is 0 Å². The van der Waals surface area contributed by atoms with Crippen LogP contribution in [0, 0.1) is 0 Å². The van der Waals surface area contributed by atoms with Gasteiger partial charge in [-0.15, -0.1) is 0 Å². The Morgan fingerprint density at radius 1 is 0.604 bits per heavy atom. The van der Waals surface area contributed by atoms with Crippen molar-refractivity contribution in [2.45, 2.75) is 167 Å². The Balaban J connectivity index is 4.44. The van der Waals surface area contributed by atoms with Crippen molar-refractivity contribution in [2.24, 2.45) is 0 Å². The number of hydrogen-bond acceptors (Lipinski definition) is 7. The Labute approximate surface area is 324 Å². The van der Waals surface area contributed by atoms with Crippen LogP contribution in [0.25, 0.3) is 0 Å². The molecule has 0 saturated heterocycles. The number of aliphatic carboxylic acids is 1. The van der Waals surface area contributed by atoms with Gasteiger partial charge < -0.3 is 28.6 Å². The Bertz CT molecular complexity index is 1050. The largest absolute Gasteiger partial charge is 0.544 e. The first-order valence-corrected chi connectivity index (χ1v) is 20.8. The van der Waals surface area contributed by atoms with Crippen LogP contribution in [0.3, 0.4) is 0 Å². The van der Waals surface area contributed by atoms with Crippen molar-refractivity contribution in [1.82, 2.24) is 0 Å². The molecule has 0 aromatic carbocycles. The molecule has 0 fully saturated rings. The van der Waals surface area contributed by atoms with Crippen LogP contribution in [0.5, 0.6) is 0 Å². The first-order chi connectivity index (χ1) is 25.6. The van der Waals surface area contributed by atoms with E-state index in [0.717, 1.165) is 89.9 Å². The lowest BCUT2D eigenvalue weighted by atomic mass is 10.1. The van der Waals surface area contributed by atoms with Crippen molar-refractivity contribution in [3.05, 3.63) is 60.8 Å². The third kappa shape index (κ3) is 34.5. The van der Waals surface area contributed by atoms with Crippen LogP contribution in [0.15, 0.2) is 60.8 Å². The number of unbranched alkanes of at least 4 members (excludes halogenated alkanes) is 13. The summed E-state index contributed by atoms with van der Waals surface area (Å²) in [5, 5.41) is 11.6. The number of carboxylic acids is 1. The highest BCUT2D eigenvalue weighted by atomic mass is 16.6. The van der Waals surface area contributed by atoms with E-state index in [0.29, 0.717) is 6.42 Å². The van der Waals surface area contributed by atoms with Gasteiger partial charge in [0.25, 0.3) is 0 Å². The minimum atomic E-state index is -1.13. The van der Waals surface area contributed by atoms with Gasteiger partial charge in [0.2, 0.25) is 0 Å². The van der Waals surface area contributed by atoms with Crippen molar-refractivity contribution in [1.29, 1.82) is 0 Å². The number of nitrogens with zero attached hydrogens (tertiary/aromatic N) is 1. The van der Waals surface area contributed by atoms with Crippen LogP contribution in [0.1, 0.15) is 155 Å². The molecule has 0 N–H and O–H groups in total. The molecule has 0 aliphatic rings. The summed E-state index contributed by atoms with van der Waals surface area (Å²) in [4.78, 5) is 36.8. The molecule has 0 aromatic heterocycles. The molecule has 2 atom stereocenters. The van der Waals surface area contributed by atoms with Crippen LogP contribution in [0.4, 0.5) is 0 Å². The molecule has 304 valence electrons. The van der Waals surface area contributed by atoms with Gasteiger partial charge in [-0.05, 0) is 70.6 Å².